The minimum atomic E-state index is -4.27. The number of carbonyl (C=O) groups is 2. The molecule has 0 bridgehead atoms. The van der Waals surface area contributed by atoms with Crippen LogP contribution in [0, 0.1) is 0 Å². The molecular formula is C29H31Cl4N3O4S. The molecule has 0 aliphatic carbocycles. The molecular weight excluding hydrogens is 628 g/mol. The van der Waals surface area contributed by atoms with E-state index in [1.165, 1.54) is 35.2 Å². The summed E-state index contributed by atoms with van der Waals surface area (Å²) in [6, 6.07) is 16.0. The number of benzene rings is 3. The lowest BCUT2D eigenvalue weighted by Gasteiger charge is -2.35. The van der Waals surface area contributed by atoms with Crippen molar-refractivity contribution < 1.29 is 18.0 Å². The van der Waals surface area contributed by atoms with E-state index in [-0.39, 0.29) is 39.5 Å². The van der Waals surface area contributed by atoms with Gasteiger partial charge < -0.3 is 10.2 Å². The summed E-state index contributed by atoms with van der Waals surface area (Å²) < 4.78 is 28.7. The lowest BCUT2D eigenvalue weighted by molar-refractivity contribution is -0.141. The number of halogens is 4. The summed E-state index contributed by atoms with van der Waals surface area (Å²) in [7, 11) is -4.27. The van der Waals surface area contributed by atoms with E-state index in [0.29, 0.717) is 15.6 Å². The first-order valence-electron chi connectivity index (χ1n) is 12.7. The fourth-order valence-corrected chi connectivity index (χ4v) is 6.46. The number of hydrogen-bond acceptors (Lipinski definition) is 4. The van der Waals surface area contributed by atoms with Crippen LogP contribution in [0.25, 0.3) is 0 Å². The van der Waals surface area contributed by atoms with Gasteiger partial charge in [-0.25, -0.2) is 8.42 Å². The molecule has 0 aromatic heterocycles. The molecule has 7 nitrogen and oxygen atoms in total. The quantitative estimate of drug-likeness (QED) is 0.249. The molecule has 0 aliphatic heterocycles. The summed E-state index contributed by atoms with van der Waals surface area (Å²) in [6.07, 6.45) is 0.266. The first-order chi connectivity index (χ1) is 19.1. The summed E-state index contributed by atoms with van der Waals surface area (Å²) in [5, 5.41) is 3.88. The van der Waals surface area contributed by atoms with Gasteiger partial charge in [0.15, 0.2) is 0 Å². The van der Waals surface area contributed by atoms with E-state index in [9.17, 15) is 18.0 Å². The van der Waals surface area contributed by atoms with Crippen LogP contribution in [0.5, 0.6) is 0 Å². The summed E-state index contributed by atoms with van der Waals surface area (Å²) in [5.41, 5.74) is 0.106. The van der Waals surface area contributed by atoms with Gasteiger partial charge in [0, 0.05) is 17.1 Å². The lowest BCUT2D eigenvalue weighted by Crippen LogP contribution is -2.55. The van der Waals surface area contributed by atoms with E-state index >= 15 is 0 Å². The summed E-state index contributed by atoms with van der Waals surface area (Å²) in [6.45, 7) is 6.60. The first kappa shape index (κ1) is 33.0. The first-order valence-corrected chi connectivity index (χ1v) is 15.7. The number of hydrogen-bond donors (Lipinski definition) is 1. The summed E-state index contributed by atoms with van der Waals surface area (Å²) in [4.78, 5) is 28.8. The molecule has 0 aliphatic rings. The lowest BCUT2D eigenvalue weighted by atomic mass is 10.1. The molecule has 3 aromatic rings. The molecule has 0 unspecified atom stereocenters. The minimum absolute atomic E-state index is 0.0284. The second kappa shape index (κ2) is 13.7. The fraction of sp³-hybridized carbons (Fsp3) is 0.310. The van der Waals surface area contributed by atoms with E-state index in [2.05, 4.69) is 5.32 Å². The number of carbonyl (C=O) groups excluding carboxylic acids is 2. The van der Waals surface area contributed by atoms with Crippen molar-refractivity contribution in [2.75, 3.05) is 10.8 Å². The fourth-order valence-electron chi connectivity index (χ4n) is 4.12. The van der Waals surface area contributed by atoms with Gasteiger partial charge in [-0.1, -0.05) is 77.6 Å². The molecule has 3 aromatic carbocycles. The number of sulfonamides is 1. The van der Waals surface area contributed by atoms with Crippen molar-refractivity contribution in [1.29, 1.82) is 0 Å². The molecule has 12 heteroatoms. The summed E-state index contributed by atoms with van der Waals surface area (Å²) >= 11 is 24.9. The Labute approximate surface area is 261 Å². The third-order valence-corrected chi connectivity index (χ3v) is 9.06. The Hall–Kier alpha value is -2.49. The molecule has 2 amide bonds. The number of nitrogens with zero attached hydrogens (tertiary/aromatic N) is 2. The Bertz CT molecular complexity index is 1510. The molecule has 3 rings (SSSR count). The molecule has 0 saturated carbocycles. The van der Waals surface area contributed by atoms with Crippen molar-refractivity contribution in [1.82, 2.24) is 10.2 Å². The summed E-state index contributed by atoms with van der Waals surface area (Å²) in [5.74, 6) is -1.01. The van der Waals surface area contributed by atoms with Crippen molar-refractivity contribution in [2.45, 2.75) is 57.1 Å². The van der Waals surface area contributed by atoms with Gasteiger partial charge in [0.1, 0.15) is 12.6 Å². The van der Waals surface area contributed by atoms with Crippen molar-refractivity contribution in [3.8, 4) is 0 Å². The Morgan fingerprint density at radius 3 is 2.10 bits per heavy atom. The highest BCUT2D eigenvalue weighted by Crippen LogP contribution is 2.33. The van der Waals surface area contributed by atoms with Gasteiger partial charge in [-0.05, 0) is 75.2 Å². The van der Waals surface area contributed by atoms with Crippen LogP contribution >= 0.6 is 46.4 Å². The smallest absolute Gasteiger partial charge is 0.264 e. The van der Waals surface area contributed by atoms with Gasteiger partial charge in [0.25, 0.3) is 10.0 Å². The highest BCUT2D eigenvalue weighted by Gasteiger charge is 2.35. The Morgan fingerprint density at radius 2 is 1.54 bits per heavy atom. The van der Waals surface area contributed by atoms with E-state index in [1.54, 1.807) is 43.3 Å². The molecule has 0 fully saturated rings. The topological polar surface area (TPSA) is 86.8 Å². The molecule has 41 heavy (non-hydrogen) atoms. The van der Waals surface area contributed by atoms with Crippen LogP contribution < -0.4 is 9.62 Å². The van der Waals surface area contributed by atoms with Crippen LogP contribution in [0.1, 0.15) is 39.7 Å². The molecule has 1 N–H and O–H groups in total. The van der Waals surface area contributed by atoms with Gasteiger partial charge in [-0.3, -0.25) is 13.9 Å². The average Bonchev–Trinajstić information content (AvgIpc) is 2.89. The van der Waals surface area contributed by atoms with Gasteiger partial charge in [-0.2, -0.15) is 0 Å². The van der Waals surface area contributed by atoms with Crippen LogP contribution in [0.3, 0.4) is 0 Å². The average molecular weight is 659 g/mol. The van der Waals surface area contributed by atoms with Crippen molar-refractivity contribution >= 4 is 73.9 Å². The number of rotatable bonds is 10. The van der Waals surface area contributed by atoms with E-state index in [0.717, 1.165) is 4.31 Å². The second-order valence-electron chi connectivity index (χ2n) is 10.4. The van der Waals surface area contributed by atoms with Crippen LogP contribution in [0.2, 0.25) is 20.1 Å². The normalized spacial score (nSPS) is 12.5. The molecule has 220 valence electrons. The molecule has 0 radical (unpaired) electrons. The Morgan fingerprint density at radius 1 is 0.878 bits per heavy atom. The van der Waals surface area contributed by atoms with E-state index in [4.69, 9.17) is 46.4 Å². The van der Waals surface area contributed by atoms with Crippen LogP contribution in [-0.2, 0) is 26.2 Å². The van der Waals surface area contributed by atoms with Crippen LogP contribution in [0.15, 0.2) is 71.6 Å². The SMILES string of the molecule is CC[C@H](C(=O)NC(C)(C)C)N(Cc1ccc(Cl)c(Cl)c1)C(=O)CN(c1ccc(Cl)cc1Cl)S(=O)(=O)c1ccccc1. The van der Waals surface area contributed by atoms with Gasteiger partial charge >= 0.3 is 0 Å². The van der Waals surface area contributed by atoms with E-state index < -0.39 is 34.1 Å². The van der Waals surface area contributed by atoms with Gasteiger partial charge in [0.05, 0.1) is 25.7 Å². The van der Waals surface area contributed by atoms with E-state index in [1.807, 2.05) is 20.8 Å². The van der Waals surface area contributed by atoms with Crippen LogP contribution in [-0.4, -0.2) is 43.3 Å². The number of anilines is 1. The highest BCUT2D eigenvalue weighted by molar-refractivity contribution is 7.92. The molecule has 0 heterocycles. The predicted octanol–water partition coefficient (Wildman–Crippen LogP) is 7.22. The largest absolute Gasteiger partial charge is 0.350 e. The van der Waals surface area contributed by atoms with Crippen molar-refractivity contribution in [2.24, 2.45) is 0 Å². The maximum absolute atomic E-state index is 14.1. The zero-order valence-corrected chi connectivity index (χ0v) is 26.8. The van der Waals surface area contributed by atoms with Gasteiger partial charge in [0.2, 0.25) is 11.8 Å². The zero-order valence-electron chi connectivity index (χ0n) is 23.0. The van der Waals surface area contributed by atoms with Gasteiger partial charge in [-0.15, -0.1) is 0 Å². The molecule has 1 atom stereocenters. The second-order valence-corrected chi connectivity index (χ2v) is 13.9. The molecule has 0 spiro atoms. The minimum Gasteiger partial charge on any atom is -0.350 e. The number of nitrogens with one attached hydrogen (secondary N) is 1. The monoisotopic (exact) mass is 657 g/mol. The predicted molar refractivity (Wildman–Crippen MR) is 166 cm³/mol. The maximum atomic E-state index is 14.1. The maximum Gasteiger partial charge on any atom is 0.264 e. The zero-order chi connectivity index (χ0) is 30.5. The van der Waals surface area contributed by atoms with Crippen molar-refractivity contribution in [3.63, 3.8) is 0 Å². The highest BCUT2D eigenvalue weighted by atomic mass is 35.5. The molecule has 0 saturated heterocycles. The van der Waals surface area contributed by atoms with Crippen LogP contribution in [0.4, 0.5) is 5.69 Å². The van der Waals surface area contributed by atoms with Crippen molar-refractivity contribution in [3.05, 3.63) is 92.4 Å². The Kier molecular flexibility index (Phi) is 11.0. The third kappa shape index (κ3) is 8.52. The Balaban J connectivity index is 2.11. The standard InChI is InChI=1S/C29H31Cl4N3O4S/c1-5-25(28(38)34-29(2,3)4)35(17-19-11-13-22(31)23(32)15-19)27(37)18-36(26-14-12-20(30)16-24(26)33)41(39,40)21-9-7-6-8-10-21/h6-16,25H,5,17-18H2,1-4H3,(H,34,38)/t25-/m1/s1. The number of amides is 2. The third-order valence-electron chi connectivity index (χ3n) is 6.01.